The number of hydrogen-bond donors (Lipinski definition) is 0. The van der Waals surface area contributed by atoms with Gasteiger partial charge in [-0.25, -0.2) is 4.98 Å². The summed E-state index contributed by atoms with van der Waals surface area (Å²) in [5, 5.41) is 5.05. The SMILES string of the molecule is C1=CCC(c2ccccc2)C(c2c3ccccc3c(-c3ccccc3-c3ccccc3)c3cc(-c4ccc(-c5nc6ccccc6n5-c5ccccc5)cc4)ccc23)=C1. The number of benzene rings is 9. The molecule has 1 aromatic heterocycles. The van der Waals surface area contributed by atoms with E-state index in [1.165, 1.54) is 66.1 Å². The van der Waals surface area contributed by atoms with E-state index >= 15 is 0 Å². The molecule has 0 saturated heterocycles. The van der Waals surface area contributed by atoms with Crippen LogP contribution in [0, 0.1) is 0 Å². The van der Waals surface area contributed by atoms with Crippen molar-refractivity contribution in [2.75, 3.05) is 0 Å². The van der Waals surface area contributed by atoms with Gasteiger partial charge < -0.3 is 0 Å². The van der Waals surface area contributed by atoms with Crippen LogP contribution in [0.1, 0.15) is 23.5 Å². The lowest BCUT2D eigenvalue weighted by Crippen LogP contribution is -2.06. The molecule has 2 heteroatoms. The van der Waals surface area contributed by atoms with Crippen LogP contribution in [0.4, 0.5) is 0 Å². The van der Waals surface area contributed by atoms with Gasteiger partial charge in [0.25, 0.3) is 0 Å². The highest BCUT2D eigenvalue weighted by Crippen LogP contribution is 2.49. The van der Waals surface area contributed by atoms with E-state index in [0.717, 1.165) is 40.1 Å². The molecule has 11 rings (SSSR count). The molecule has 0 aliphatic heterocycles. The largest absolute Gasteiger partial charge is 0.292 e. The Balaban J connectivity index is 1.13. The average Bonchev–Trinajstić information content (AvgIpc) is 3.71. The Morgan fingerprint density at radius 2 is 1.03 bits per heavy atom. The van der Waals surface area contributed by atoms with Crippen LogP contribution in [0.3, 0.4) is 0 Å². The first-order chi connectivity index (χ1) is 29.3. The maximum Gasteiger partial charge on any atom is 0.145 e. The molecule has 0 bridgehead atoms. The zero-order valence-electron chi connectivity index (χ0n) is 32.5. The molecule has 278 valence electrons. The molecule has 1 unspecified atom stereocenters. The molecule has 10 aromatic rings. The van der Waals surface area contributed by atoms with E-state index in [2.05, 4.69) is 229 Å². The van der Waals surface area contributed by atoms with Gasteiger partial charge in [-0.3, -0.25) is 4.57 Å². The van der Waals surface area contributed by atoms with Crippen molar-refractivity contribution in [3.05, 3.63) is 236 Å². The number of para-hydroxylation sites is 3. The number of fused-ring (bicyclic) bond motifs is 3. The lowest BCUT2D eigenvalue weighted by molar-refractivity contribution is 0.876. The van der Waals surface area contributed by atoms with Crippen LogP contribution in [0.25, 0.3) is 88.6 Å². The number of aromatic nitrogens is 2. The monoisotopic (exact) mass is 752 g/mol. The van der Waals surface area contributed by atoms with Crippen molar-refractivity contribution in [2.45, 2.75) is 12.3 Å². The van der Waals surface area contributed by atoms with Gasteiger partial charge in [0.05, 0.1) is 11.0 Å². The molecule has 1 aliphatic carbocycles. The number of imidazole rings is 1. The standard InChI is InChI=1S/C57H40N2/c1-4-18-40(19-5-1)45-24-10-12-26-47(45)55-49-28-14-15-29-50(49)56(48-27-13-11-25-46(48)41-20-6-2-7-21-41)52-38-43(36-37-51(52)55)39-32-34-42(35-33-39)57-58-53-30-16-17-31-54(53)59(57)44-22-8-3-9-23-44/h1-23,25-38,45H,24H2. The van der Waals surface area contributed by atoms with Crippen LogP contribution in [0.2, 0.25) is 0 Å². The van der Waals surface area contributed by atoms with Crippen LogP contribution in [-0.2, 0) is 0 Å². The maximum atomic E-state index is 5.14. The van der Waals surface area contributed by atoms with Gasteiger partial charge >= 0.3 is 0 Å². The Kier molecular flexibility index (Phi) is 8.67. The van der Waals surface area contributed by atoms with Crippen LogP contribution < -0.4 is 0 Å². The van der Waals surface area contributed by atoms with Crippen molar-refractivity contribution in [3.63, 3.8) is 0 Å². The summed E-state index contributed by atoms with van der Waals surface area (Å²) in [6.45, 7) is 0. The molecule has 2 nitrogen and oxygen atoms in total. The average molecular weight is 753 g/mol. The first-order valence-corrected chi connectivity index (χ1v) is 20.5. The molecule has 1 aliphatic rings. The molecule has 0 fully saturated rings. The van der Waals surface area contributed by atoms with Crippen molar-refractivity contribution in [3.8, 4) is 50.5 Å². The van der Waals surface area contributed by atoms with Crippen molar-refractivity contribution in [2.24, 2.45) is 0 Å². The fraction of sp³-hybridized carbons (Fsp3) is 0.0351. The van der Waals surface area contributed by atoms with Gasteiger partial charge in [-0.2, -0.15) is 0 Å². The van der Waals surface area contributed by atoms with Gasteiger partial charge in [0.2, 0.25) is 0 Å². The van der Waals surface area contributed by atoms with Gasteiger partial charge in [0.1, 0.15) is 5.82 Å². The normalized spacial score (nSPS) is 13.9. The Morgan fingerprint density at radius 3 is 1.81 bits per heavy atom. The zero-order valence-corrected chi connectivity index (χ0v) is 32.5. The molecule has 9 aromatic carbocycles. The van der Waals surface area contributed by atoms with Crippen LogP contribution >= 0.6 is 0 Å². The van der Waals surface area contributed by atoms with E-state index in [0.29, 0.717) is 0 Å². The highest BCUT2D eigenvalue weighted by molar-refractivity contribution is 6.21. The van der Waals surface area contributed by atoms with E-state index in [9.17, 15) is 0 Å². The fourth-order valence-electron chi connectivity index (χ4n) is 9.29. The summed E-state index contributed by atoms with van der Waals surface area (Å²) in [7, 11) is 0. The van der Waals surface area contributed by atoms with Crippen molar-refractivity contribution in [1.82, 2.24) is 9.55 Å². The zero-order chi connectivity index (χ0) is 39.1. The molecule has 0 N–H and O–H groups in total. The minimum atomic E-state index is 0.252. The van der Waals surface area contributed by atoms with Gasteiger partial charge in [0.15, 0.2) is 0 Å². The summed E-state index contributed by atoms with van der Waals surface area (Å²) in [5.41, 5.74) is 15.5. The fourth-order valence-corrected chi connectivity index (χ4v) is 9.29. The predicted molar refractivity (Wildman–Crippen MR) is 249 cm³/mol. The van der Waals surface area contributed by atoms with E-state index in [-0.39, 0.29) is 5.92 Å². The summed E-state index contributed by atoms with van der Waals surface area (Å²) in [4.78, 5) is 5.14. The molecule has 0 radical (unpaired) electrons. The van der Waals surface area contributed by atoms with Gasteiger partial charge in [-0.1, -0.05) is 194 Å². The second-order valence-electron chi connectivity index (χ2n) is 15.4. The third kappa shape index (κ3) is 6.09. The highest BCUT2D eigenvalue weighted by Gasteiger charge is 2.26. The lowest BCUT2D eigenvalue weighted by atomic mass is 9.76. The maximum absolute atomic E-state index is 5.14. The smallest absolute Gasteiger partial charge is 0.145 e. The van der Waals surface area contributed by atoms with E-state index < -0.39 is 0 Å². The number of hydrogen-bond acceptors (Lipinski definition) is 1. The second-order valence-corrected chi connectivity index (χ2v) is 15.4. The number of rotatable bonds is 7. The van der Waals surface area contributed by atoms with Gasteiger partial charge in [0, 0.05) is 17.2 Å². The topological polar surface area (TPSA) is 17.8 Å². The van der Waals surface area contributed by atoms with Gasteiger partial charge in [-0.15, -0.1) is 0 Å². The van der Waals surface area contributed by atoms with E-state index in [1.54, 1.807) is 0 Å². The number of allylic oxidation sites excluding steroid dienone is 4. The Morgan fingerprint density at radius 1 is 0.441 bits per heavy atom. The molecule has 0 amide bonds. The third-order valence-corrected chi connectivity index (χ3v) is 12.0. The number of nitrogens with zero attached hydrogens (tertiary/aromatic N) is 2. The Hall–Kier alpha value is -7.55. The summed E-state index contributed by atoms with van der Waals surface area (Å²) in [6.07, 6.45) is 7.88. The van der Waals surface area contributed by atoms with Crippen LogP contribution in [-0.4, -0.2) is 9.55 Å². The lowest BCUT2D eigenvalue weighted by Gasteiger charge is -2.27. The highest BCUT2D eigenvalue weighted by atomic mass is 15.1. The van der Waals surface area contributed by atoms with E-state index in [4.69, 9.17) is 4.98 Å². The predicted octanol–water partition coefficient (Wildman–Crippen LogP) is 15.1. The molecular weight excluding hydrogens is 713 g/mol. The first kappa shape index (κ1) is 34.7. The van der Waals surface area contributed by atoms with Crippen molar-refractivity contribution >= 4 is 38.2 Å². The minimum absolute atomic E-state index is 0.252. The molecule has 1 heterocycles. The van der Waals surface area contributed by atoms with E-state index in [1.807, 2.05) is 0 Å². The summed E-state index contributed by atoms with van der Waals surface area (Å²) >= 11 is 0. The minimum Gasteiger partial charge on any atom is -0.292 e. The summed E-state index contributed by atoms with van der Waals surface area (Å²) < 4.78 is 2.27. The van der Waals surface area contributed by atoms with Crippen LogP contribution in [0.15, 0.2) is 224 Å². The summed E-state index contributed by atoms with van der Waals surface area (Å²) in [5.74, 6) is 1.18. The Labute approximate surface area is 344 Å². The van der Waals surface area contributed by atoms with Crippen molar-refractivity contribution in [1.29, 1.82) is 0 Å². The molecular formula is C57H40N2. The first-order valence-electron chi connectivity index (χ1n) is 20.5. The Bertz CT molecular complexity index is 3210. The molecule has 0 spiro atoms. The summed E-state index contributed by atoms with van der Waals surface area (Å²) in [6, 6.07) is 74.8. The molecule has 1 atom stereocenters. The third-order valence-electron chi connectivity index (χ3n) is 12.0. The van der Waals surface area contributed by atoms with Crippen molar-refractivity contribution < 1.29 is 0 Å². The quantitative estimate of drug-likeness (QED) is 0.148. The molecule has 59 heavy (non-hydrogen) atoms. The van der Waals surface area contributed by atoms with Crippen LogP contribution in [0.5, 0.6) is 0 Å². The molecule has 0 saturated carbocycles. The van der Waals surface area contributed by atoms with Gasteiger partial charge in [-0.05, 0) is 108 Å². The second kappa shape index (κ2) is 14.8.